The first kappa shape index (κ1) is 18.1. The zero-order valence-corrected chi connectivity index (χ0v) is 15.9. The molecule has 0 aliphatic carbocycles. The maximum atomic E-state index is 12.8. The summed E-state index contributed by atoms with van der Waals surface area (Å²) >= 11 is 1.59. The van der Waals surface area contributed by atoms with E-state index in [9.17, 15) is 13.2 Å². The van der Waals surface area contributed by atoms with Gasteiger partial charge in [0.25, 0.3) is 5.91 Å². The third-order valence-electron chi connectivity index (χ3n) is 4.38. The van der Waals surface area contributed by atoms with Crippen LogP contribution in [0.25, 0.3) is 0 Å². The quantitative estimate of drug-likeness (QED) is 0.803. The Morgan fingerprint density at radius 1 is 1.20 bits per heavy atom. The van der Waals surface area contributed by atoms with Crippen molar-refractivity contribution in [2.75, 3.05) is 20.1 Å². The van der Waals surface area contributed by atoms with Gasteiger partial charge in [-0.15, -0.1) is 0 Å². The van der Waals surface area contributed by atoms with Crippen LogP contribution in [0, 0.1) is 0 Å². The number of amides is 1. The van der Waals surface area contributed by atoms with Crippen LogP contribution in [0.2, 0.25) is 0 Å². The van der Waals surface area contributed by atoms with Crippen LogP contribution in [0.15, 0.2) is 46.0 Å². The third-order valence-corrected chi connectivity index (χ3v) is 7.01. The topological polar surface area (TPSA) is 57.7 Å². The predicted molar refractivity (Wildman–Crippen MR) is 99.2 cm³/mol. The Balaban J connectivity index is 1.79. The van der Waals surface area contributed by atoms with Crippen molar-refractivity contribution in [3.63, 3.8) is 0 Å². The lowest BCUT2D eigenvalue weighted by atomic mass is 10.2. The largest absolute Gasteiger partial charge is 0.337 e. The molecule has 2 aromatic rings. The summed E-state index contributed by atoms with van der Waals surface area (Å²) in [5.41, 5.74) is 1.47. The van der Waals surface area contributed by atoms with Crippen LogP contribution in [0.4, 0.5) is 0 Å². The van der Waals surface area contributed by atoms with Crippen LogP contribution in [-0.2, 0) is 16.6 Å². The van der Waals surface area contributed by atoms with Gasteiger partial charge in [0.2, 0.25) is 10.0 Å². The summed E-state index contributed by atoms with van der Waals surface area (Å²) in [4.78, 5) is 14.5. The van der Waals surface area contributed by atoms with E-state index in [1.54, 1.807) is 41.5 Å². The standard InChI is InChI=1S/C18H22N2O3S2/c1-19(13-15-8-11-24-14-15)18(21)16-6-5-7-17(12-16)25(22,23)20-9-3-2-4-10-20/h5-8,11-12,14H,2-4,9-10,13H2,1H3. The van der Waals surface area contributed by atoms with Gasteiger partial charge in [-0.05, 0) is 53.4 Å². The zero-order valence-electron chi connectivity index (χ0n) is 14.2. The van der Waals surface area contributed by atoms with Gasteiger partial charge >= 0.3 is 0 Å². The first-order valence-electron chi connectivity index (χ1n) is 8.35. The summed E-state index contributed by atoms with van der Waals surface area (Å²) in [7, 11) is -1.80. The van der Waals surface area contributed by atoms with Crippen LogP contribution >= 0.6 is 11.3 Å². The molecule has 1 aromatic heterocycles. The normalized spacial score (nSPS) is 15.9. The van der Waals surface area contributed by atoms with E-state index in [2.05, 4.69) is 0 Å². The summed E-state index contributed by atoms with van der Waals surface area (Å²) in [6, 6.07) is 8.35. The van der Waals surface area contributed by atoms with Crippen molar-refractivity contribution in [1.29, 1.82) is 0 Å². The maximum absolute atomic E-state index is 12.8. The molecule has 0 atom stereocenters. The fraction of sp³-hybridized carbons (Fsp3) is 0.389. The van der Waals surface area contributed by atoms with E-state index in [4.69, 9.17) is 0 Å². The molecule has 1 aliphatic heterocycles. The highest BCUT2D eigenvalue weighted by Gasteiger charge is 2.26. The molecule has 1 amide bonds. The van der Waals surface area contributed by atoms with E-state index < -0.39 is 10.0 Å². The van der Waals surface area contributed by atoms with Gasteiger partial charge in [-0.1, -0.05) is 12.5 Å². The Hall–Kier alpha value is -1.70. The molecule has 1 fully saturated rings. The molecular formula is C18H22N2O3S2. The van der Waals surface area contributed by atoms with Crippen molar-refractivity contribution < 1.29 is 13.2 Å². The summed E-state index contributed by atoms with van der Waals surface area (Å²) in [5, 5.41) is 3.97. The van der Waals surface area contributed by atoms with Gasteiger partial charge in [0, 0.05) is 32.2 Å². The molecule has 0 radical (unpaired) electrons. The van der Waals surface area contributed by atoms with Gasteiger partial charge in [-0.2, -0.15) is 15.6 Å². The number of carbonyl (C=O) groups is 1. The lowest BCUT2D eigenvalue weighted by Gasteiger charge is -2.26. The fourth-order valence-electron chi connectivity index (χ4n) is 2.99. The number of nitrogens with zero attached hydrogens (tertiary/aromatic N) is 2. The zero-order chi connectivity index (χ0) is 17.9. The van der Waals surface area contributed by atoms with Crippen molar-refractivity contribution in [1.82, 2.24) is 9.21 Å². The number of sulfonamides is 1. The molecular weight excluding hydrogens is 356 g/mol. The molecule has 1 aliphatic rings. The maximum Gasteiger partial charge on any atom is 0.253 e. The Labute approximate surface area is 152 Å². The van der Waals surface area contributed by atoms with E-state index in [1.807, 2.05) is 16.8 Å². The summed E-state index contributed by atoms with van der Waals surface area (Å²) in [5.74, 6) is -0.179. The average molecular weight is 379 g/mol. The number of carbonyl (C=O) groups excluding carboxylic acids is 1. The molecule has 2 heterocycles. The number of benzene rings is 1. The number of thiophene rings is 1. The Morgan fingerprint density at radius 2 is 1.96 bits per heavy atom. The Morgan fingerprint density at radius 3 is 2.64 bits per heavy atom. The minimum absolute atomic E-state index is 0.179. The Bertz CT molecular complexity index is 826. The highest BCUT2D eigenvalue weighted by molar-refractivity contribution is 7.89. The van der Waals surface area contributed by atoms with Crippen molar-refractivity contribution in [3.8, 4) is 0 Å². The summed E-state index contributed by atoms with van der Waals surface area (Å²) < 4.78 is 27.1. The number of rotatable bonds is 5. The lowest BCUT2D eigenvalue weighted by Crippen LogP contribution is -2.35. The highest BCUT2D eigenvalue weighted by Crippen LogP contribution is 2.22. The van der Waals surface area contributed by atoms with E-state index in [1.165, 1.54) is 10.4 Å². The van der Waals surface area contributed by atoms with Crippen LogP contribution in [0.3, 0.4) is 0 Å². The van der Waals surface area contributed by atoms with Crippen molar-refractivity contribution >= 4 is 27.3 Å². The fourth-order valence-corrected chi connectivity index (χ4v) is 5.22. The summed E-state index contributed by atoms with van der Waals surface area (Å²) in [6.07, 6.45) is 2.85. The number of piperidine rings is 1. The SMILES string of the molecule is CN(Cc1ccsc1)C(=O)c1cccc(S(=O)(=O)N2CCCCC2)c1. The van der Waals surface area contributed by atoms with Gasteiger partial charge in [0.05, 0.1) is 4.90 Å². The molecule has 0 bridgehead atoms. The van der Waals surface area contributed by atoms with Gasteiger partial charge in [0.15, 0.2) is 0 Å². The summed E-state index contributed by atoms with van der Waals surface area (Å²) in [6.45, 7) is 1.61. The first-order valence-corrected chi connectivity index (χ1v) is 10.7. The first-order chi connectivity index (χ1) is 12.0. The van der Waals surface area contributed by atoms with Crippen LogP contribution < -0.4 is 0 Å². The molecule has 0 spiro atoms. The lowest BCUT2D eigenvalue weighted by molar-refractivity contribution is 0.0785. The molecule has 134 valence electrons. The second-order valence-corrected chi connectivity index (χ2v) is 9.00. The Kier molecular flexibility index (Phi) is 5.56. The molecule has 3 rings (SSSR count). The van der Waals surface area contributed by atoms with E-state index in [-0.39, 0.29) is 10.8 Å². The minimum atomic E-state index is -3.53. The average Bonchev–Trinajstić information content (AvgIpc) is 3.15. The van der Waals surface area contributed by atoms with Crippen LogP contribution in [-0.4, -0.2) is 43.7 Å². The van der Waals surface area contributed by atoms with Gasteiger partial charge in [-0.3, -0.25) is 4.79 Å². The molecule has 0 N–H and O–H groups in total. The smallest absolute Gasteiger partial charge is 0.253 e. The monoisotopic (exact) mass is 378 g/mol. The van der Waals surface area contributed by atoms with Crippen LogP contribution in [0.1, 0.15) is 35.2 Å². The van der Waals surface area contributed by atoms with Gasteiger partial charge in [0.1, 0.15) is 0 Å². The second kappa shape index (κ2) is 7.68. The van der Waals surface area contributed by atoms with Crippen molar-refractivity contribution in [2.45, 2.75) is 30.7 Å². The molecule has 0 saturated carbocycles. The van der Waals surface area contributed by atoms with E-state index >= 15 is 0 Å². The second-order valence-electron chi connectivity index (χ2n) is 6.29. The molecule has 5 nitrogen and oxygen atoms in total. The molecule has 1 aromatic carbocycles. The predicted octanol–water partition coefficient (Wildman–Crippen LogP) is 3.19. The highest BCUT2D eigenvalue weighted by atomic mass is 32.2. The number of hydrogen-bond donors (Lipinski definition) is 0. The minimum Gasteiger partial charge on any atom is -0.337 e. The molecule has 0 unspecified atom stereocenters. The molecule has 7 heteroatoms. The van der Waals surface area contributed by atoms with Gasteiger partial charge in [-0.25, -0.2) is 8.42 Å². The van der Waals surface area contributed by atoms with E-state index in [0.29, 0.717) is 25.2 Å². The third kappa shape index (κ3) is 4.11. The van der Waals surface area contributed by atoms with Crippen LogP contribution in [0.5, 0.6) is 0 Å². The van der Waals surface area contributed by atoms with E-state index in [0.717, 1.165) is 24.8 Å². The molecule has 25 heavy (non-hydrogen) atoms. The number of hydrogen-bond acceptors (Lipinski definition) is 4. The molecule has 1 saturated heterocycles. The van der Waals surface area contributed by atoms with Crippen molar-refractivity contribution in [3.05, 3.63) is 52.2 Å². The van der Waals surface area contributed by atoms with Crippen molar-refractivity contribution in [2.24, 2.45) is 0 Å². The van der Waals surface area contributed by atoms with Gasteiger partial charge < -0.3 is 4.90 Å².